The van der Waals surface area contributed by atoms with E-state index in [9.17, 15) is 0 Å². The average molecular weight is 314 g/mol. The topological polar surface area (TPSA) is 55.5 Å². The van der Waals surface area contributed by atoms with Gasteiger partial charge in [0, 0.05) is 7.11 Å². The van der Waals surface area contributed by atoms with Gasteiger partial charge in [-0.1, -0.05) is 83.3 Å². The van der Waals surface area contributed by atoms with E-state index in [2.05, 4.69) is 13.0 Å². The van der Waals surface area contributed by atoms with Crippen LogP contribution in [0.2, 0.25) is 0 Å². The molecule has 0 heterocycles. The number of hydrogen-bond acceptors (Lipinski definition) is 3. The van der Waals surface area contributed by atoms with Crippen LogP contribution in [0.1, 0.15) is 84.0 Å². The predicted molar refractivity (Wildman–Crippen MR) is 96.1 cm³/mol. The SMILES string of the molecule is CCCCCCCCCCCCC/C=C/C(OC)C(N)CO. The highest BCUT2D eigenvalue weighted by Crippen LogP contribution is 2.12. The highest BCUT2D eigenvalue weighted by atomic mass is 16.5. The normalized spacial score (nSPS) is 14.5. The van der Waals surface area contributed by atoms with Crippen molar-refractivity contribution in [1.82, 2.24) is 0 Å². The Labute approximate surface area is 138 Å². The summed E-state index contributed by atoms with van der Waals surface area (Å²) in [5.41, 5.74) is 5.75. The third kappa shape index (κ3) is 13.3. The molecule has 3 heteroatoms. The van der Waals surface area contributed by atoms with Crippen LogP contribution in [0.3, 0.4) is 0 Å². The van der Waals surface area contributed by atoms with E-state index in [4.69, 9.17) is 15.6 Å². The Morgan fingerprint density at radius 1 is 0.909 bits per heavy atom. The van der Waals surface area contributed by atoms with Gasteiger partial charge in [0.2, 0.25) is 0 Å². The Hall–Kier alpha value is -0.380. The zero-order valence-corrected chi connectivity index (χ0v) is 14.9. The average Bonchev–Trinajstić information content (AvgIpc) is 2.54. The van der Waals surface area contributed by atoms with Crippen LogP contribution in [0.25, 0.3) is 0 Å². The predicted octanol–water partition coefficient (Wildman–Crippen LogP) is 4.58. The van der Waals surface area contributed by atoms with E-state index >= 15 is 0 Å². The molecule has 0 aliphatic carbocycles. The second-order valence-corrected chi connectivity index (χ2v) is 6.30. The molecule has 3 N–H and O–H groups in total. The summed E-state index contributed by atoms with van der Waals surface area (Å²) in [5.74, 6) is 0. The third-order valence-corrected chi connectivity index (χ3v) is 4.21. The first-order chi connectivity index (χ1) is 10.8. The van der Waals surface area contributed by atoms with Crippen molar-refractivity contribution >= 4 is 0 Å². The molecule has 0 rings (SSSR count). The summed E-state index contributed by atoms with van der Waals surface area (Å²) in [6.45, 7) is 2.23. The number of aliphatic hydroxyl groups excluding tert-OH is 1. The standard InChI is InChI=1S/C19H39NO2/c1-3-4-5-6-7-8-9-10-11-12-13-14-15-16-19(22-2)18(20)17-21/h15-16,18-19,21H,3-14,17,20H2,1-2H3/b16-15+. The fraction of sp³-hybridized carbons (Fsp3) is 0.895. The van der Waals surface area contributed by atoms with Crippen molar-refractivity contribution in [3.63, 3.8) is 0 Å². The molecule has 0 bridgehead atoms. The summed E-state index contributed by atoms with van der Waals surface area (Å²) >= 11 is 0. The van der Waals surface area contributed by atoms with E-state index in [1.807, 2.05) is 6.08 Å². The second-order valence-electron chi connectivity index (χ2n) is 6.30. The summed E-state index contributed by atoms with van der Waals surface area (Å²) in [4.78, 5) is 0. The van der Waals surface area contributed by atoms with Crippen molar-refractivity contribution in [1.29, 1.82) is 0 Å². The van der Waals surface area contributed by atoms with E-state index in [0.29, 0.717) is 0 Å². The number of allylic oxidation sites excluding steroid dienone is 1. The number of hydrogen-bond donors (Lipinski definition) is 2. The van der Waals surface area contributed by atoms with Crippen LogP contribution < -0.4 is 5.73 Å². The fourth-order valence-corrected chi connectivity index (χ4v) is 2.66. The van der Waals surface area contributed by atoms with Crippen LogP contribution in [-0.4, -0.2) is 31.0 Å². The molecule has 0 aromatic carbocycles. The molecule has 0 aromatic heterocycles. The van der Waals surface area contributed by atoms with Gasteiger partial charge in [-0.05, 0) is 12.8 Å². The molecule has 22 heavy (non-hydrogen) atoms. The maximum atomic E-state index is 9.00. The summed E-state index contributed by atoms with van der Waals surface area (Å²) in [5, 5.41) is 9.00. The lowest BCUT2D eigenvalue weighted by molar-refractivity contribution is 0.0927. The van der Waals surface area contributed by atoms with Gasteiger partial charge >= 0.3 is 0 Å². The number of aliphatic hydroxyl groups is 1. The first kappa shape index (κ1) is 21.6. The molecule has 0 aliphatic rings. The molecule has 0 fully saturated rings. The lowest BCUT2D eigenvalue weighted by Gasteiger charge is -2.16. The van der Waals surface area contributed by atoms with E-state index in [-0.39, 0.29) is 18.8 Å². The van der Waals surface area contributed by atoms with Gasteiger partial charge in [0.25, 0.3) is 0 Å². The van der Waals surface area contributed by atoms with Crippen LogP contribution in [-0.2, 0) is 4.74 Å². The highest BCUT2D eigenvalue weighted by molar-refractivity contribution is 4.94. The van der Waals surface area contributed by atoms with Crippen molar-refractivity contribution in [3.8, 4) is 0 Å². The monoisotopic (exact) mass is 313 g/mol. The van der Waals surface area contributed by atoms with Gasteiger partial charge < -0.3 is 15.6 Å². The minimum absolute atomic E-state index is 0.0404. The summed E-state index contributed by atoms with van der Waals surface area (Å²) in [6, 6.07) is -0.321. The van der Waals surface area contributed by atoms with Gasteiger partial charge in [0.15, 0.2) is 0 Å². The quantitative estimate of drug-likeness (QED) is 0.324. The van der Waals surface area contributed by atoms with Crippen molar-refractivity contribution in [2.24, 2.45) is 5.73 Å². The minimum atomic E-state index is -0.321. The van der Waals surface area contributed by atoms with Crippen LogP contribution in [0, 0.1) is 0 Å². The third-order valence-electron chi connectivity index (χ3n) is 4.21. The Morgan fingerprint density at radius 3 is 1.86 bits per heavy atom. The summed E-state index contributed by atoms with van der Waals surface area (Å²) in [7, 11) is 1.63. The Kier molecular flexibility index (Phi) is 16.7. The molecular weight excluding hydrogens is 274 g/mol. The molecule has 0 saturated heterocycles. The van der Waals surface area contributed by atoms with Crippen molar-refractivity contribution in [2.75, 3.05) is 13.7 Å². The highest BCUT2D eigenvalue weighted by Gasteiger charge is 2.11. The fourth-order valence-electron chi connectivity index (χ4n) is 2.66. The molecule has 0 radical (unpaired) electrons. The second kappa shape index (κ2) is 17.0. The van der Waals surface area contributed by atoms with Crippen LogP contribution >= 0.6 is 0 Å². The van der Waals surface area contributed by atoms with Crippen molar-refractivity contribution in [3.05, 3.63) is 12.2 Å². The van der Waals surface area contributed by atoms with E-state index in [1.165, 1.54) is 70.6 Å². The Balaban J connectivity index is 3.32. The van der Waals surface area contributed by atoms with Gasteiger partial charge in [-0.2, -0.15) is 0 Å². The Bertz CT molecular complexity index is 244. The Morgan fingerprint density at radius 2 is 1.41 bits per heavy atom. The van der Waals surface area contributed by atoms with Gasteiger partial charge in [-0.25, -0.2) is 0 Å². The molecular formula is C19H39NO2. The van der Waals surface area contributed by atoms with Gasteiger partial charge in [-0.3, -0.25) is 0 Å². The van der Waals surface area contributed by atoms with Crippen molar-refractivity contribution in [2.45, 2.75) is 96.1 Å². The van der Waals surface area contributed by atoms with Gasteiger partial charge in [0.05, 0.1) is 18.8 Å². The number of methoxy groups -OCH3 is 1. The van der Waals surface area contributed by atoms with Crippen LogP contribution in [0.4, 0.5) is 0 Å². The van der Waals surface area contributed by atoms with Gasteiger partial charge in [-0.15, -0.1) is 0 Å². The van der Waals surface area contributed by atoms with Crippen LogP contribution in [0.15, 0.2) is 12.2 Å². The van der Waals surface area contributed by atoms with E-state index in [1.54, 1.807) is 7.11 Å². The van der Waals surface area contributed by atoms with E-state index < -0.39 is 0 Å². The zero-order chi connectivity index (χ0) is 16.5. The minimum Gasteiger partial charge on any atom is -0.395 e. The molecule has 0 amide bonds. The summed E-state index contributed by atoms with van der Waals surface area (Å²) < 4.78 is 5.24. The lowest BCUT2D eigenvalue weighted by Crippen LogP contribution is -2.37. The summed E-state index contributed by atoms with van der Waals surface area (Å²) in [6.07, 6.45) is 20.1. The molecule has 0 saturated carbocycles. The van der Waals surface area contributed by atoms with E-state index in [0.717, 1.165) is 6.42 Å². The molecule has 2 unspecified atom stereocenters. The van der Waals surface area contributed by atoms with Crippen molar-refractivity contribution < 1.29 is 9.84 Å². The maximum Gasteiger partial charge on any atom is 0.0925 e. The largest absolute Gasteiger partial charge is 0.395 e. The molecule has 0 aromatic rings. The molecule has 0 spiro atoms. The molecule has 0 aliphatic heterocycles. The number of rotatable bonds is 16. The number of nitrogens with two attached hydrogens (primary N) is 1. The maximum absolute atomic E-state index is 9.00. The molecule has 3 nitrogen and oxygen atoms in total. The lowest BCUT2D eigenvalue weighted by atomic mass is 10.0. The zero-order valence-electron chi connectivity index (χ0n) is 14.9. The number of unbranched alkanes of at least 4 members (excludes halogenated alkanes) is 11. The first-order valence-electron chi connectivity index (χ1n) is 9.32. The van der Waals surface area contributed by atoms with Gasteiger partial charge in [0.1, 0.15) is 0 Å². The first-order valence-corrected chi connectivity index (χ1v) is 9.32. The number of ether oxygens (including phenoxy) is 1. The smallest absolute Gasteiger partial charge is 0.0925 e. The molecule has 132 valence electrons. The van der Waals surface area contributed by atoms with Crippen LogP contribution in [0.5, 0.6) is 0 Å². The molecule has 2 atom stereocenters.